The molecule has 2 aromatic heterocycles. The fourth-order valence-corrected chi connectivity index (χ4v) is 4.95. The molecule has 1 aliphatic carbocycles. The van der Waals surface area contributed by atoms with E-state index < -0.39 is 0 Å². The van der Waals surface area contributed by atoms with Crippen molar-refractivity contribution in [3.05, 3.63) is 58.0 Å². The van der Waals surface area contributed by atoms with Gasteiger partial charge in [0.25, 0.3) is 5.56 Å². The van der Waals surface area contributed by atoms with Crippen molar-refractivity contribution in [2.45, 2.75) is 44.2 Å². The number of thiazole rings is 1. The molecule has 0 radical (unpaired) electrons. The third-order valence-corrected chi connectivity index (χ3v) is 6.57. The number of H-pyrrole nitrogens is 1. The second-order valence-corrected chi connectivity index (χ2v) is 8.60. The third-order valence-electron chi connectivity index (χ3n) is 5.53. The van der Waals surface area contributed by atoms with E-state index >= 15 is 0 Å². The van der Waals surface area contributed by atoms with Crippen LogP contribution in [0.25, 0.3) is 10.2 Å². The van der Waals surface area contributed by atoms with Crippen LogP contribution in [-0.4, -0.2) is 28.5 Å². The number of anilines is 1. The van der Waals surface area contributed by atoms with Gasteiger partial charge < -0.3 is 15.2 Å². The lowest BCUT2D eigenvalue weighted by molar-refractivity contribution is -0.122. The van der Waals surface area contributed by atoms with Crippen LogP contribution in [0.15, 0.2) is 41.2 Å². The van der Waals surface area contributed by atoms with Crippen molar-refractivity contribution in [2.24, 2.45) is 0 Å². The number of hydrogen-bond acceptors (Lipinski definition) is 5. The molecule has 144 valence electrons. The van der Waals surface area contributed by atoms with Gasteiger partial charge in [0.05, 0.1) is 4.70 Å². The number of fused-ring (bicyclic) bond motifs is 1. The topological polar surface area (TPSA) is 78.1 Å². The monoisotopic (exact) mass is 394 g/mol. The summed E-state index contributed by atoms with van der Waals surface area (Å²) in [5.41, 5.74) is 2.47. The smallest absolute Gasteiger partial charge is 0.275 e. The highest BCUT2D eigenvalue weighted by molar-refractivity contribution is 7.22. The molecule has 6 nitrogen and oxygen atoms in total. The lowest BCUT2D eigenvalue weighted by atomic mass is 10.2. The number of hydrogen-bond donors (Lipinski definition) is 2. The Morgan fingerprint density at radius 3 is 2.86 bits per heavy atom. The number of aromatic nitrogens is 2. The fourth-order valence-electron chi connectivity index (χ4n) is 3.86. The van der Waals surface area contributed by atoms with Crippen LogP contribution in [-0.2, 0) is 11.3 Å². The molecule has 1 amide bonds. The molecule has 2 N–H and O–H groups in total. The first-order valence-electron chi connectivity index (χ1n) is 9.81. The van der Waals surface area contributed by atoms with E-state index in [9.17, 15) is 9.59 Å². The van der Waals surface area contributed by atoms with Crippen LogP contribution in [0.2, 0.25) is 0 Å². The van der Waals surface area contributed by atoms with Crippen molar-refractivity contribution in [3.63, 3.8) is 0 Å². The zero-order chi connectivity index (χ0) is 19.1. The first kappa shape index (κ1) is 17.4. The van der Waals surface area contributed by atoms with Gasteiger partial charge in [0.15, 0.2) is 5.13 Å². The lowest BCUT2D eigenvalue weighted by Crippen LogP contribution is -2.43. The van der Waals surface area contributed by atoms with Crippen LogP contribution in [0.1, 0.15) is 42.9 Å². The molecule has 0 bridgehead atoms. The summed E-state index contributed by atoms with van der Waals surface area (Å²) in [6, 6.07) is 11.7. The molecule has 1 aliphatic heterocycles. The van der Waals surface area contributed by atoms with E-state index in [1.807, 2.05) is 30.3 Å². The van der Waals surface area contributed by atoms with Gasteiger partial charge in [-0.1, -0.05) is 41.7 Å². The Morgan fingerprint density at radius 1 is 1.25 bits per heavy atom. The highest BCUT2D eigenvalue weighted by Gasteiger charge is 2.33. The summed E-state index contributed by atoms with van der Waals surface area (Å²) in [6.45, 7) is 1.31. The molecule has 1 saturated heterocycles. The zero-order valence-corrected chi connectivity index (χ0v) is 16.3. The van der Waals surface area contributed by atoms with Crippen LogP contribution in [0.4, 0.5) is 5.13 Å². The van der Waals surface area contributed by atoms with Gasteiger partial charge in [-0.2, -0.15) is 0 Å². The Hall–Kier alpha value is -2.67. The maximum atomic E-state index is 12.8. The molecule has 5 rings (SSSR count). The average molecular weight is 395 g/mol. The summed E-state index contributed by atoms with van der Waals surface area (Å²) in [5, 5.41) is 3.82. The Morgan fingerprint density at radius 2 is 2.07 bits per heavy atom. The summed E-state index contributed by atoms with van der Waals surface area (Å²) in [7, 11) is 0. The summed E-state index contributed by atoms with van der Waals surface area (Å²) in [6.07, 6.45) is 4.04. The lowest BCUT2D eigenvalue weighted by Gasteiger charge is -2.23. The molecule has 1 saturated carbocycles. The molecular weight excluding hydrogens is 372 g/mol. The Kier molecular flexibility index (Phi) is 4.39. The summed E-state index contributed by atoms with van der Waals surface area (Å²) in [4.78, 5) is 34.8. The molecule has 7 heteroatoms. The van der Waals surface area contributed by atoms with E-state index in [-0.39, 0.29) is 17.5 Å². The highest BCUT2D eigenvalue weighted by atomic mass is 32.1. The van der Waals surface area contributed by atoms with Gasteiger partial charge in [-0.3, -0.25) is 9.59 Å². The number of nitrogens with one attached hydrogen (secondary N) is 2. The number of pyridine rings is 1. The predicted octanol–water partition coefficient (Wildman–Crippen LogP) is 3.15. The molecule has 0 spiro atoms. The van der Waals surface area contributed by atoms with Crippen molar-refractivity contribution < 1.29 is 4.79 Å². The van der Waals surface area contributed by atoms with Crippen LogP contribution in [0.3, 0.4) is 0 Å². The van der Waals surface area contributed by atoms with Gasteiger partial charge in [-0.15, -0.1) is 0 Å². The van der Waals surface area contributed by atoms with Gasteiger partial charge in [0, 0.05) is 18.8 Å². The maximum Gasteiger partial charge on any atom is 0.275 e. The Labute approximate surface area is 166 Å². The summed E-state index contributed by atoms with van der Waals surface area (Å²) < 4.78 is 0.913. The highest BCUT2D eigenvalue weighted by Crippen LogP contribution is 2.40. The minimum Gasteiger partial charge on any atom is -0.350 e. The van der Waals surface area contributed by atoms with E-state index in [4.69, 9.17) is 0 Å². The minimum absolute atomic E-state index is 0.0215. The Bertz CT molecular complexity index is 1070. The quantitative estimate of drug-likeness (QED) is 0.697. The van der Waals surface area contributed by atoms with Gasteiger partial charge in [0.1, 0.15) is 11.6 Å². The van der Waals surface area contributed by atoms with E-state index in [1.165, 1.54) is 11.3 Å². The van der Waals surface area contributed by atoms with E-state index in [2.05, 4.69) is 26.3 Å². The number of aromatic amines is 1. The second-order valence-electron chi connectivity index (χ2n) is 7.59. The van der Waals surface area contributed by atoms with Gasteiger partial charge in [-0.05, 0) is 43.2 Å². The number of carbonyl (C=O) groups excluding carboxylic acids is 1. The normalized spacial score (nSPS) is 19.3. The van der Waals surface area contributed by atoms with E-state index in [1.54, 1.807) is 0 Å². The first-order valence-corrected chi connectivity index (χ1v) is 10.6. The number of amides is 1. The average Bonchev–Trinajstić information content (AvgIpc) is 3.28. The Balaban J connectivity index is 1.36. The molecule has 2 fully saturated rings. The van der Waals surface area contributed by atoms with Crippen LogP contribution < -0.4 is 15.8 Å². The van der Waals surface area contributed by atoms with E-state index in [0.717, 1.165) is 53.3 Å². The molecule has 0 unspecified atom stereocenters. The third kappa shape index (κ3) is 3.30. The molecule has 1 atom stereocenters. The van der Waals surface area contributed by atoms with Crippen LogP contribution >= 0.6 is 11.3 Å². The molecule has 3 heterocycles. The number of carbonyl (C=O) groups is 1. The van der Waals surface area contributed by atoms with Gasteiger partial charge >= 0.3 is 0 Å². The van der Waals surface area contributed by atoms with Crippen molar-refractivity contribution in [2.75, 3.05) is 11.4 Å². The summed E-state index contributed by atoms with van der Waals surface area (Å²) in [5.74, 6) is 0.513. The van der Waals surface area contributed by atoms with E-state index in [0.29, 0.717) is 18.0 Å². The largest absolute Gasteiger partial charge is 0.350 e. The molecule has 1 aromatic carbocycles. The zero-order valence-electron chi connectivity index (χ0n) is 15.5. The molecule has 2 aliphatic rings. The van der Waals surface area contributed by atoms with Crippen molar-refractivity contribution in [1.82, 2.24) is 15.3 Å². The number of nitrogens with zero attached hydrogens (tertiary/aromatic N) is 2. The maximum absolute atomic E-state index is 12.8. The first-order chi connectivity index (χ1) is 13.7. The van der Waals surface area contributed by atoms with Crippen LogP contribution in [0, 0.1) is 0 Å². The standard InChI is InChI=1S/C21H22N4O2S/c26-19(22-12-13-5-2-1-3-6-13)16-7-4-10-25(16)21-24-18-17(28-21)11-15(14-8-9-14)23-20(18)27/h1-3,5-6,11,14,16H,4,7-10,12H2,(H,22,26)(H,23,27)/t16-/m1/s1. The SMILES string of the molecule is O=C(NCc1ccccc1)[C@H]1CCCN1c1nc2c(=O)[nH]c(C3CC3)cc2s1. The van der Waals surface area contributed by atoms with Crippen LogP contribution in [0.5, 0.6) is 0 Å². The minimum atomic E-state index is -0.230. The number of rotatable bonds is 5. The second kappa shape index (κ2) is 7.05. The predicted molar refractivity (Wildman–Crippen MR) is 111 cm³/mol. The summed E-state index contributed by atoms with van der Waals surface area (Å²) >= 11 is 1.52. The molecular formula is C21H22N4O2S. The number of benzene rings is 1. The van der Waals surface area contributed by atoms with Crippen molar-refractivity contribution in [3.8, 4) is 0 Å². The van der Waals surface area contributed by atoms with Crippen molar-refractivity contribution in [1.29, 1.82) is 0 Å². The fraction of sp³-hybridized carbons (Fsp3) is 0.381. The molecule has 28 heavy (non-hydrogen) atoms. The molecule has 3 aromatic rings. The van der Waals surface area contributed by atoms with Gasteiger partial charge in [0.2, 0.25) is 5.91 Å². The van der Waals surface area contributed by atoms with Crippen molar-refractivity contribution >= 4 is 32.6 Å². The van der Waals surface area contributed by atoms with Gasteiger partial charge in [-0.25, -0.2) is 4.98 Å².